The van der Waals surface area contributed by atoms with Crippen LogP contribution in [0.25, 0.3) is 0 Å². The smallest absolute Gasteiger partial charge is 0.316 e. The topological polar surface area (TPSA) is 29.5 Å². The van der Waals surface area contributed by atoms with E-state index in [4.69, 9.17) is 16.3 Å². The van der Waals surface area contributed by atoms with Crippen molar-refractivity contribution < 1.29 is 9.53 Å². The minimum absolute atomic E-state index is 0.187. The molecule has 4 heteroatoms. The number of carbonyl (C=O) groups is 1. The van der Waals surface area contributed by atoms with Gasteiger partial charge in [-0.15, -0.1) is 0 Å². The van der Waals surface area contributed by atoms with Crippen molar-refractivity contribution in [1.29, 1.82) is 0 Å². The van der Waals surface area contributed by atoms with Crippen LogP contribution in [0.5, 0.6) is 0 Å². The Morgan fingerprint density at radius 3 is 3.08 bits per heavy atom. The molecule has 12 heavy (non-hydrogen) atoms. The number of hydrogen-bond donors (Lipinski definition) is 0. The van der Waals surface area contributed by atoms with Crippen LogP contribution in [-0.4, -0.2) is 36.1 Å². The van der Waals surface area contributed by atoms with Crippen LogP contribution >= 0.6 is 11.6 Å². The maximum atomic E-state index is 10.8. The molecule has 1 saturated heterocycles. The zero-order valence-corrected chi connectivity index (χ0v) is 8.01. The number of hydrogen-bond acceptors (Lipinski definition) is 2. The third-order valence-electron chi connectivity index (χ3n) is 2.00. The first-order chi connectivity index (χ1) is 5.74. The molecular formula is C8H14ClNO2. The molecule has 1 heterocycles. The minimum atomic E-state index is -0.362. The van der Waals surface area contributed by atoms with Gasteiger partial charge >= 0.3 is 5.37 Å². The van der Waals surface area contributed by atoms with Gasteiger partial charge in [0.2, 0.25) is 0 Å². The second-order valence-corrected chi connectivity index (χ2v) is 3.30. The number of morpholine rings is 1. The fourth-order valence-corrected chi connectivity index (χ4v) is 1.53. The molecule has 1 fully saturated rings. The monoisotopic (exact) mass is 191 g/mol. The van der Waals surface area contributed by atoms with Crippen LogP contribution in [0.4, 0.5) is 4.79 Å². The van der Waals surface area contributed by atoms with Gasteiger partial charge in [-0.2, -0.15) is 0 Å². The van der Waals surface area contributed by atoms with Gasteiger partial charge in [-0.25, -0.2) is 0 Å². The molecule has 0 aromatic heterocycles. The molecule has 0 aromatic carbocycles. The number of ether oxygens (including phenoxy) is 1. The number of carbonyl (C=O) groups excluding carboxylic acids is 1. The molecule has 1 atom stereocenters. The minimum Gasteiger partial charge on any atom is -0.375 e. The van der Waals surface area contributed by atoms with Crippen LogP contribution in [-0.2, 0) is 4.74 Å². The summed E-state index contributed by atoms with van der Waals surface area (Å²) in [6.07, 6.45) is 2.27. The molecule has 0 radical (unpaired) electrons. The van der Waals surface area contributed by atoms with Crippen LogP contribution in [0.1, 0.15) is 19.8 Å². The molecule has 0 saturated carbocycles. The predicted molar refractivity (Wildman–Crippen MR) is 47.5 cm³/mol. The lowest BCUT2D eigenvalue weighted by atomic mass is 10.2. The Balaban J connectivity index is 2.35. The number of halogens is 1. The first-order valence-corrected chi connectivity index (χ1v) is 4.68. The van der Waals surface area contributed by atoms with Crippen LogP contribution in [0.2, 0.25) is 0 Å². The average Bonchev–Trinajstić information content (AvgIpc) is 2.05. The first-order valence-electron chi connectivity index (χ1n) is 4.30. The zero-order valence-electron chi connectivity index (χ0n) is 7.25. The summed E-state index contributed by atoms with van der Waals surface area (Å²) in [6, 6.07) is 0. The van der Waals surface area contributed by atoms with Gasteiger partial charge in [-0.1, -0.05) is 13.3 Å². The number of nitrogens with zero attached hydrogens (tertiary/aromatic N) is 1. The van der Waals surface area contributed by atoms with Gasteiger partial charge in [0.05, 0.1) is 12.7 Å². The second-order valence-electron chi connectivity index (χ2n) is 2.98. The van der Waals surface area contributed by atoms with Crippen LogP contribution in [0.3, 0.4) is 0 Å². The lowest BCUT2D eigenvalue weighted by Crippen LogP contribution is -2.43. The van der Waals surface area contributed by atoms with E-state index in [1.807, 2.05) is 0 Å². The third-order valence-corrected chi connectivity index (χ3v) is 2.24. The molecule has 0 aliphatic carbocycles. The van der Waals surface area contributed by atoms with E-state index in [0.717, 1.165) is 12.8 Å². The Labute approximate surface area is 77.6 Å². The van der Waals surface area contributed by atoms with Gasteiger partial charge in [-0.3, -0.25) is 4.79 Å². The van der Waals surface area contributed by atoms with E-state index in [9.17, 15) is 4.79 Å². The highest BCUT2D eigenvalue weighted by atomic mass is 35.5. The van der Waals surface area contributed by atoms with E-state index in [0.29, 0.717) is 19.7 Å². The van der Waals surface area contributed by atoms with Crippen LogP contribution in [0.15, 0.2) is 0 Å². The number of amides is 1. The van der Waals surface area contributed by atoms with Crippen LogP contribution < -0.4 is 0 Å². The third kappa shape index (κ3) is 2.64. The van der Waals surface area contributed by atoms with Crippen molar-refractivity contribution in [3.05, 3.63) is 0 Å². The van der Waals surface area contributed by atoms with Gasteiger partial charge < -0.3 is 9.64 Å². The lowest BCUT2D eigenvalue weighted by Gasteiger charge is -2.31. The Hall–Kier alpha value is -0.280. The molecule has 0 N–H and O–H groups in total. The quantitative estimate of drug-likeness (QED) is 0.493. The fraction of sp³-hybridized carbons (Fsp3) is 0.875. The predicted octanol–water partition coefficient (Wildman–Crippen LogP) is 1.85. The van der Waals surface area contributed by atoms with E-state index in [-0.39, 0.29) is 11.5 Å². The van der Waals surface area contributed by atoms with Crippen LogP contribution in [0, 0.1) is 0 Å². The average molecular weight is 192 g/mol. The van der Waals surface area contributed by atoms with Crippen molar-refractivity contribution >= 4 is 17.0 Å². The standard InChI is InChI=1S/C8H14ClNO2/c1-2-3-7-6-10(8(9)11)4-5-12-7/h7H,2-6H2,1H3. The maximum Gasteiger partial charge on any atom is 0.316 e. The molecule has 1 rings (SSSR count). The Kier molecular flexibility index (Phi) is 3.82. The van der Waals surface area contributed by atoms with Crippen molar-refractivity contribution in [1.82, 2.24) is 4.90 Å². The molecular weight excluding hydrogens is 178 g/mol. The Bertz CT molecular complexity index is 161. The van der Waals surface area contributed by atoms with E-state index in [2.05, 4.69) is 6.92 Å². The Morgan fingerprint density at radius 2 is 2.50 bits per heavy atom. The van der Waals surface area contributed by atoms with E-state index in [1.54, 1.807) is 4.90 Å². The normalized spacial score (nSPS) is 24.2. The maximum absolute atomic E-state index is 10.8. The van der Waals surface area contributed by atoms with Crippen molar-refractivity contribution in [3.8, 4) is 0 Å². The van der Waals surface area contributed by atoms with Gasteiger partial charge in [0, 0.05) is 13.1 Å². The first kappa shape index (κ1) is 9.81. The van der Waals surface area contributed by atoms with Gasteiger partial charge in [-0.05, 0) is 18.0 Å². The summed E-state index contributed by atoms with van der Waals surface area (Å²) in [7, 11) is 0. The molecule has 0 aromatic rings. The highest BCUT2D eigenvalue weighted by Gasteiger charge is 2.21. The molecule has 1 aliphatic rings. The van der Waals surface area contributed by atoms with Gasteiger partial charge in [0.1, 0.15) is 0 Å². The molecule has 1 unspecified atom stereocenters. The van der Waals surface area contributed by atoms with E-state index in [1.165, 1.54) is 0 Å². The fourth-order valence-electron chi connectivity index (χ4n) is 1.38. The molecule has 1 aliphatic heterocycles. The van der Waals surface area contributed by atoms with Crippen molar-refractivity contribution in [2.24, 2.45) is 0 Å². The summed E-state index contributed by atoms with van der Waals surface area (Å²) >= 11 is 5.35. The molecule has 1 amide bonds. The molecule has 0 spiro atoms. The highest BCUT2D eigenvalue weighted by molar-refractivity contribution is 6.62. The van der Waals surface area contributed by atoms with Crippen molar-refractivity contribution in [2.45, 2.75) is 25.9 Å². The molecule has 3 nitrogen and oxygen atoms in total. The molecule has 70 valence electrons. The summed E-state index contributed by atoms with van der Waals surface area (Å²) in [5.41, 5.74) is 0. The number of rotatable bonds is 2. The second kappa shape index (κ2) is 4.67. The van der Waals surface area contributed by atoms with Gasteiger partial charge in [0.25, 0.3) is 0 Å². The lowest BCUT2D eigenvalue weighted by molar-refractivity contribution is -0.0147. The summed E-state index contributed by atoms with van der Waals surface area (Å²) in [6.45, 7) is 3.99. The molecule has 0 bridgehead atoms. The SMILES string of the molecule is CCCC1CN(C(=O)Cl)CCO1. The highest BCUT2D eigenvalue weighted by Crippen LogP contribution is 2.11. The van der Waals surface area contributed by atoms with E-state index >= 15 is 0 Å². The summed E-state index contributed by atoms with van der Waals surface area (Å²) < 4.78 is 5.45. The Morgan fingerprint density at radius 1 is 1.75 bits per heavy atom. The summed E-state index contributed by atoms with van der Waals surface area (Å²) in [5, 5.41) is -0.362. The zero-order chi connectivity index (χ0) is 8.97. The van der Waals surface area contributed by atoms with Crippen molar-refractivity contribution in [2.75, 3.05) is 19.7 Å². The summed E-state index contributed by atoms with van der Waals surface area (Å²) in [4.78, 5) is 12.4. The van der Waals surface area contributed by atoms with E-state index < -0.39 is 0 Å². The largest absolute Gasteiger partial charge is 0.375 e. The van der Waals surface area contributed by atoms with Gasteiger partial charge in [0.15, 0.2) is 0 Å². The summed E-state index contributed by atoms with van der Waals surface area (Å²) in [5.74, 6) is 0. The van der Waals surface area contributed by atoms with Crippen molar-refractivity contribution in [3.63, 3.8) is 0 Å².